The van der Waals surface area contributed by atoms with Crippen LogP contribution in [0.3, 0.4) is 0 Å². The molecule has 0 bridgehead atoms. The summed E-state index contributed by atoms with van der Waals surface area (Å²) in [7, 11) is 2.46. The maximum absolute atomic E-state index is 11.3. The molecule has 0 aliphatic rings. The molecule has 0 amide bonds. The van der Waals surface area contributed by atoms with Crippen molar-refractivity contribution in [2.75, 3.05) is 14.2 Å². The van der Waals surface area contributed by atoms with Crippen LogP contribution in [0.2, 0.25) is 0 Å². The van der Waals surface area contributed by atoms with Crippen LogP contribution in [0.5, 0.6) is 0 Å². The molecular formula is C10H12O5. The van der Waals surface area contributed by atoms with Gasteiger partial charge in [-0.2, -0.15) is 0 Å². The quantitative estimate of drug-likeness (QED) is 0.545. The molecule has 5 heteroatoms. The Hall–Kier alpha value is -1.78. The van der Waals surface area contributed by atoms with E-state index in [1.807, 2.05) is 0 Å². The van der Waals surface area contributed by atoms with Gasteiger partial charge in [-0.25, -0.2) is 0 Å². The fourth-order valence-corrected chi connectivity index (χ4v) is 1.19. The van der Waals surface area contributed by atoms with E-state index in [2.05, 4.69) is 9.47 Å². The van der Waals surface area contributed by atoms with Gasteiger partial charge in [-0.3, -0.25) is 9.59 Å². The zero-order chi connectivity index (χ0) is 11.3. The molecule has 0 aliphatic carbocycles. The molecule has 0 unspecified atom stereocenters. The monoisotopic (exact) mass is 212 g/mol. The highest BCUT2D eigenvalue weighted by Gasteiger charge is 2.28. The van der Waals surface area contributed by atoms with Gasteiger partial charge >= 0.3 is 11.9 Å². The lowest BCUT2D eigenvalue weighted by molar-refractivity contribution is -0.158. The average Bonchev–Trinajstić information content (AvgIpc) is 2.76. The van der Waals surface area contributed by atoms with Crippen LogP contribution in [0.1, 0.15) is 5.56 Å². The van der Waals surface area contributed by atoms with Crippen molar-refractivity contribution in [2.24, 2.45) is 5.92 Å². The second-order valence-electron chi connectivity index (χ2n) is 2.93. The molecule has 0 aliphatic heterocycles. The van der Waals surface area contributed by atoms with E-state index < -0.39 is 17.9 Å². The van der Waals surface area contributed by atoms with Crippen molar-refractivity contribution in [3.63, 3.8) is 0 Å². The van der Waals surface area contributed by atoms with Gasteiger partial charge in [0, 0.05) is 0 Å². The summed E-state index contributed by atoms with van der Waals surface area (Å²) in [6.07, 6.45) is 3.16. The fourth-order valence-electron chi connectivity index (χ4n) is 1.19. The lowest BCUT2D eigenvalue weighted by Crippen LogP contribution is -2.28. The molecule has 1 aromatic rings. The summed E-state index contributed by atoms with van der Waals surface area (Å²) in [6.45, 7) is 0. The van der Waals surface area contributed by atoms with Crippen molar-refractivity contribution in [3.8, 4) is 0 Å². The minimum Gasteiger partial charge on any atom is -0.472 e. The summed E-state index contributed by atoms with van der Waals surface area (Å²) in [5.41, 5.74) is 0.746. The van der Waals surface area contributed by atoms with Crippen LogP contribution >= 0.6 is 0 Å². The van der Waals surface area contributed by atoms with E-state index >= 15 is 0 Å². The van der Waals surface area contributed by atoms with Crippen molar-refractivity contribution in [2.45, 2.75) is 6.42 Å². The first-order valence-corrected chi connectivity index (χ1v) is 4.35. The number of carbonyl (C=O) groups is 2. The number of hydrogen-bond donors (Lipinski definition) is 0. The topological polar surface area (TPSA) is 65.7 Å². The minimum atomic E-state index is -0.933. The Kier molecular flexibility index (Phi) is 3.91. The molecule has 5 nitrogen and oxygen atoms in total. The van der Waals surface area contributed by atoms with E-state index in [4.69, 9.17) is 4.42 Å². The van der Waals surface area contributed by atoms with Crippen molar-refractivity contribution in [1.29, 1.82) is 0 Å². The van der Waals surface area contributed by atoms with Gasteiger partial charge in [-0.1, -0.05) is 0 Å². The summed E-state index contributed by atoms with van der Waals surface area (Å²) >= 11 is 0. The van der Waals surface area contributed by atoms with Crippen LogP contribution < -0.4 is 0 Å². The Morgan fingerprint density at radius 2 is 1.93 bits per heavy atom. The maximum Gasteiger partial charge on any atom is 0.320 e. The summed E-state index contributed by atoms with van der Waals surface area (Å²) in [5.74, 6) is -2.15. The molecule has 0 spiro atoms. The standard InChI is InChI=1S/C10H12O5/c1-13-9(11)8(10(12)14-2)5-7-3-4-15-6-7/h3-4,6,8H,5H2,1-2H3. The number of hydrogen-bond acceptors (Lipinski definition) is 5. The van der Waals surface area contributed by atoms with Gasteiger partial charge in [0.1, 0.15) is 0 Å². The Morgan fingerprint density at radius 3 is 2.33 bits per heavy atom. The van der Waals surface area contributed by atoms with Gasteiger partial charge < -0.3 is 13.9 Å². The van der Waals surface area contributed by atoms with E-state index in [1.165, 1.54) is 26.7 Å². The number of methoxy groups -OCH3 is 2. The summed E-state index contributed by atoms with van der Waals surface area (Å²) < 4.78 is 13.9. The van der Waals surface area contributed by atoms with Gasteiger partial charge in [0.2, 0.25) is 0 Å². The smallest absolute Gasteiger partial charge is 0.320 e. The highest BCUT2D eigenvalue weighted by Crippen LogP contribution is 2.12. The first-order valence-electron chi connectivity index (χ1n) is 4.35. The third kappa shape index (κ3) is 2.83. The Morgan fingerprint density at radius 1 is 1.33 bits per heavy atom. The van der Waals surface area contributed by atoms with E-state index in [1.54, 1.807) is 6.07 Å². The number of ether oxygens (including phenoxy) is 2. The van der Waals surface area contributed by atoms with Crippen LogP contribution in [0.4, 0.5) is 0 Å². The Balaban J connectivity index is 2.73. The molecule has 0 saturated heterocycles. The van der Waals surface area contributed by atoms with E-state index in [-0.39, 0.29) is 6.42 Å². The molecule has 1 rings (SSSR count). The molecule has 0 aromatic carbocycles. The van der Waals surface area contributed by atoms with Gasteiger partial charge in [-0.05, 0) is 18.1 Å². The molecular weight excluding hydrogens is 200 g/mol. The lowest BCUT2D eigenvalue weighted by atomic mass is 10.0. The molecule has 0 N–H and O–H groups in total. The summed E-state index contributed by atoms with van der Waals surface area (Å²) in [4.78, 5) is 22.6. The first-order chi connectivity index (χ1) is 7.19. The average molecular weight is 212 g/mol. The van der Waals surface area contributed by atoms with Gasteiger partial charge in [0.15, 0.2) is 5.92 Å². The summed E-state index contributed by atoms with van der Waals surface area (Å²) in [5, 5.41) is 0. The van der Waals surface area contributed by atoms with E-state index in [0.29, 0.717) is 0 Å². The SMILES string of the molecule is COC(=O)C(Cc1ccoc1)C(=O)OC. The molecule has 0 saturated carbocycles. The Bertz CT molecular complexity index is 312. The van der Waals surface area contributed by atoms with Crippen LogP contribution in [0.15, 0.2) is 23.0 Å². The van der Waals surface area contributed by atoms with Crippen LogP contribution in [-0.2, 0) is 25.5 Å². The number of furan rings is 1. The van der Waals surface area contributed by atoms with E-state index in [0.717, 1.165) is 5.56 Å². The Labute approximate surface area is 87.0 Å². The second-order valence-corrected chi connectivity index (χ2v) is 2.93. The van der Waals surface area contributed by atoms with Gasteiger partial charge in [-0.15, -0.1) is 0 Å². The minimum absolute atomic E-state index is 0.218. The lowest BCUT2D eigenvalue weighted by Gasteiger charge is -2.10. The molecule has 15 heavy (non-hydrogen) atoms. The van der Waals surface area contributed by atoms with E-state index in [9.17, 15) is 9.59 Å². The van der Waals surface area contributed by atoms with Crippen LogP contribution in [0, 0.1) is 5.92 Å². The highest BCUT2D eigenvalue weighted by atomic mass is 16.5. The van der Waals surface area contributed by atoms with Crippen LogP contribution in [-0.4, -0.2) is 26.2 Å². The van der Waals surface area contributed by atoms with Crippen molar-refractivity contribution >= 4 is 11.9 Å². The molecule has 0 atom stereocenters. The van der Waals surface area contributed by atoms with Crippen molar-refractivity contribution in [1.82, 2.24) is 0 Å². The highest BCUT2D eigenvalue weighted by molar-refractivity contribution is 5.95. The second kappa shape index (κ2) is 5.19. The zero-order valence-corrected chi connectivity index (χ0v) is 8.56. The third-order valence-electron chi connectivity index (χ3n) is 1.99. The maximum atomic E-state index is 11.3. The predicted molar refractivity (Wildman–Crippen MR) is 49.9 cm³/mol. The van der Waals surface area contributed by atoms with Gasteiger partial charge in [0.25, 0.3) is 0 Å². The first kappa shape index (κ1) is 11.3. The molecule has 1 heterocycles. The zero-order valence-electron chi connectivity index (χ0n) is 8.56. The van der Waals surface area contributed by atoms with Gasteiger partial charge in [0.05, 0.1) is 26.7 Å². The number of esters is 2. The van der Waals surface area contributed by atoms with Crippen molar-refractivity contribution < 1.29 is 23.5 Å². The molecule has 1 aromatic heterocycles. The van der Waals surface area contributed by atoms with Crippen LogP contribution in [0.25, 0.3) is 0 Å². The molecule has 82 valence electrons. The molecule has 0 fully saturated rings. The number of rotatable bonds is 4. The fraction of sp³-hybridized carbons (Fsp3) is 0.400. The largest absolute Gasteiger partial charge is 0.472 e. The normalized spacial score (nSPS) is 10.1. The molecule has 0 radical (unpaired) electrons. The van der Waals surface area contributed by atoms with Crippen molar-refractivity contribution in [3.05, 3.63) is 24.2 Å². The summed E-state index contributed by atoms with van der Waals surface area (Å²) in [6, 6.07) is 1.68. The third-order valence-corrected chi connectivity index (χ3v) is 1.99. The number of carbonyl (C=O) groups excluding carboxylic acids is 2. The predicted octanol–water partition coefficient (Wildman–Crippen LogP) is 0.784.